The van der Waals surface area contributed by atoms with E-state index in [0.717, 1.165) is 23.3 Å². The van der Waals surface area contributed by atoms with Gasteiger partial charge in [0.15, 0.2) is 0 Å². The lowest BCUT2D eigenvalue weighted by atomic mass is 10.2. The molecule has 0 radical (unpaired) electrons. The number of pyridine rings is 1. The van der Waals surface area contributed by atoms with Crippen LogP contribution in [0.1, 0.15) is 31.2 Å². The highest BCUT2D eigenvalue weighted by Gasteiger charge is 2.34. The van der Waals surface area contributed by atoms with Crippen molar-refractivity contribution in [3.8, 4) is 0 Å². The molecule has 0 aromatic carbocycles. The highest BCUT2D eigenvalue weighted by atomic mass is 15.2. The molecule has 0 unspecified atom stereocenters. The molecule has 1 aromatic rings. The van der Waals surface area contributed by atoms with E-state index in [0.29, 0.717) is 6.54 Å². The first-order chi connectivity index (χ1) is 7.86. The van der Waals surface area contributed by atoms with Crippen LogP contribution in [0.3, 0.4) is 0 Å². The SMILES string of the molecule is NCc1ccc(N(CC2CC2)C2CC2)nc1. The Morgan fingerprint density at radius 2 is 2.06 bits per heavy atom. The van der Waals surface area contributed by atoms with Crippen molar-refractivity contribution in [3.05, 3.63) is 23.9 Å². The third-order valence-corrected chi connectivity index (χ3v) is 3.48. The molecule has 2 N–H and O–H groups in total. The molecule has 0 saturated heterocycles. The Bertz CT molecular complexity index is 352. The second kappa shape index (κ2) is 4.06. The maximum absolute atomic E-state index is 5.59. The van der Waals surface area contributed by atoms with E-state index in [1.54, 1.807) is 0 Å². The Labute approximate surface area is 96.7 Å². The van der Waals surface area contributed by atoms with Gasteiger partial charge in [-0.05, 0) is 43.2 Å². The number of nitrogens with zero attached hydrogens (tertiary/aromatic N) is 2. The summed E-state index contributed by atoms with van der Waals surface area (Å²) in [5, 5.41) is 0. The number of hydrogen-bond acceptors (Lipinski definition) is 3. The van der Waals surface area contributed by atoms with Gasteiger partial charge in [0.2, 0.25) is 0 Å². The van der Waals surface area contributed by atoms with Gasteiger partial charge in [0.1, 0.15) is 5.82 Å². The number of aromatic nitrogens is 1. The first-order valence-corrected chi connectivity index (χ1v) is 6.28. The minimum Gasteiger partial charge on any atom is -0.353 e. The van der Waals surface area contributed by atoms with E-state index in [2.05, 4.69) is 22.0 Å². The second-order valence-electron chi connectivity index (χ2n) is 5.06. The molecule has 3 nitrogen and oxygen atoms in total. The Morgan fingerprint density at radius 3 is 2.56 bits per heavy atom. The summed E-state index contributed by atoms with van der Waals surface area (Å²) < 4.78 is 0. The molecule has 16 heavy (non-hydrogen) atoms. The quantitative estimate of drug-likeness (QED) is 0.819. The monoisotopic (exact) mass is 217 g/mol. The van der Waals surface area contributed by atoms with Gasteiger partial charge in [0.05, 0.1) is 0 Å². The van der Waals surface area contributed by atoms with Crippen LogP contribution in [0, 0.1) is 5.92 Å². The van der Waals surface area contributed by atoms with Crippen LogP contribution in [0.25, 0.3) is 0 Å². The molecule has 86 valence electrons. The lowest BCUT2D eigenvalue weighted by Gasteiger charge is -2.23. The summed E-state index contributed by atoms with van der Waals surface area (Å²) in [7, 11) is 0. The summed E-state index contributed by atoms with van der Waals surface area (Å²) in [5.41, 5.74) is 6.70. The largest absolute Gasteiger partial charge is 0.353 e. The van der Waals surface area contributed by atoms with Crippen LogP contribution in [0.2, 0.25) is 0 Å². The fraction of sp³-hybridized carbons (Fsp3) is 0.615. The van der Waals surface area contributed by atoms with E-state index in [-0.39, 0.29) is 0 Å². The lowest BCUT2D eigenvalue weighted by Crippen LogP contribution is -2.28. The summed E-state index contributed by atoms with van der Waals surface area (Å²) in [6.07, 6.45) is 7.41. The zero-order valence-corrected chi connectivity index (χ0v) is 9.60. The van der Waals surface area contributed by atoms with Crippen LogP contribution < -0.4 is 10.6 Å². The molecule has 3 rings (SSSR count). The van der Waals surface area contributed by atoms with E-state index >= 15 is 0 Å². The number of hydrogen-bond donors (Lipinski definition) is 1. The average Bonchev–Trinajstić information content (AvgIpc) is 3.16. The molecular formula is C13H19N3. The molecule has 0 bridgehead atoms. The molecule has 0 spiro atoms. The Kier molecular flexibility index (Phi) is 2.56. The summed E-state index contributed by atoms with van der Waals surface area (Å²) in [4.78, 5) is 7.04. The number of nitrogens with two attached hydrogens (primary N) is 1. The van der Waals surface area contributed by atoms with Crippen molar-refractivity contribution in [1.29, 1.82) is 0 Å². The first-order valence-electron chi connectivity index (χ1n) is 6.28. The third kappa shape index (κ3) is 2.19. The molecule has 3 heteroatoms. The highest BCUT2D eigenvalue weighted by molar-refractivity contribution is 5.42. The topological polar surface area (TPSA) is 42.1 Å². The lowest BCUT2D eigenvalue weighted by molar-refractivity contribution is 0.708. The van der Waals surface area contributed by atoms with Crippen molar-refractivity contribution in [2.24, 2.45) is 11.7 Å². The van der Waals surface area contributed by atoms with E-state index in [9.17, 15) is 0 Å². The molecule has 0 amide bonds. The Morgan fingerprint density at radius 1 is 1.25 bits per heavy atom. The van der Waals surface area contributed by atoms with E-state index in [1.165, 1.54) is 32.2 Å². The normalized spacial score (nSPS) is 19.8. The maximum atomic E-state index is 5.59. The first kappa shape index (κ1) is 10.1. The van der Waals surface area contributed by atoms with Gasteiger partial charge < -0.3 is 10.6 Å². The fourth-order valence-electron chi connectivity index (χ4n) is 2.10. The molecular weight excluding hydrogens is 198 g/mol. The molecule has 1 heterocycles. The minimum absolute atomic E-state index is 0.583. The summed E-state index contributed by atoms with van der Waals surface area (Å²) >= 11 is 0. The Balaban J connectivity index is 1.74. The van der Waals surface area contributed by atoms with Crippen LogP contribution in [0.15, 0.2) is 18.3 Å². The minimum atomic E-state index is 0.583. The van der Waals surface area contributed by atoms with Crippen molar-refractivity contribution in [2.75, 3.05) is 11.4 Å². The summed E-state index contributed by atoms with van der Waals surface area (Å²) in [6.45, 7) is 1.79. The van der Waals surface area contributed by atoms with Gasteiger partial charge in [-0.3, -0.25) is 0 Å². The smallest absolute Gasteiger partial charge is 0.128 e. The van der Waals surface area contributed by atoms with Crippen LogP contribution in [-0.4, -0.2) is 17.6 Å². The number of anilines is 1. The van der Waals surface area contributed by atoms with Gasteiger partial charge in [-0.1, -0.05) is 6.07 Å². The molecule has 2 saturated carbocycles. The van der Waals surface area contributed by atoms with Crippen LogP contribution >= 0.6 is 0 Å². The van der Waals surface area contributed by atoms with Crippen molar-refractivity contribution in [3.63, 3.8) is 0 Å². The average molecular weight is 217 g/mol. The van der Waals surface area contributed by atoms with Crippen molar-refractivity contribution >= 4 is 5.82 Å². The molecule has 2 aliphatic carbocycles. The predicted octanol–water partition coefficient (Wildman–Crippen LogP) is 1.92. The van der Waals surface area contributed by atoms with Crippen LogP contribution in [0.4, 0.5) is 5.82 Å². The van der Waals surface area contributed by atoms with Crippen molar-refractivity contribution in [2.45, 2.75) is 38.3 Å². The predicted molar refractivity (Wildman–Crippen MR) is 65.2 cm³/mol. The molecule has 1 aromatic heterocycles. The van der Waals surface area contributed by atoms with Gasteiger partial charge in [-0.2, -0.15) is 0 Å². The van der Waals surface area contributed by atoms with Crippen molar-refractivity contribution in [1.82, 2.24) is 4.98 Å². The molecule has 0 atom stereocenters. The third-order valence-electron chi connectivity index (χ3n) is 3.48. The molecule has 2 fully saturated rings. The standard InChI is InChI=1S/C13H19N3/c14-7-11-3-6-13(15-8-11)16(12-4-5-12)9-10-1-2-10/h3,6,8,10,12H,1-2,4-5,7,9,14H2. The Hall–Kier alpha value is -1.09. The van der Waals surface area contributed by atoms with Gasteiger partial charge in [0, 0.05) is 25.3 Å². The van der Waals surface area contributed by atoms with E-state index in [1.807, 2.05) is 6.20 Å². The van der Waals surface area contributed by atoms with Crippen molar-refractivity contribution < 1.29 is 0 Å². The van der Waals surface area contributed by atoms with Gasteiger partial charge >= 0.3 is 0 Å². The zero-order valence-electron chi connectivity index (χ0n) is 9.60. The highest BCUT2D eigenvalue weighted by Crippen LogP contribution is 2.36. The van der Waals surface area contributed by atoms with E-state index < -0.39 is 0 Å². The second-order valence-corrected chi connectivity index (χ2v) is 5.06. The molecule has 0 aliphatic heterocycles. The van der Waals surface area contributed by atoms with E-state index in [4.69, 9.17) is 5.73 Å². The maximum Gasteiger partial charge on any atom is 0.128 e. The summed E-state index contributed by atoms with van der Waals surface area (Å²) in [6, 6.07) is 4.99. The van der Waals surface area contributed by atoms with Gasteiger partial charge in [-0.15, -0.1) is 0 Å². The van der Waals surface area contributed by atoms with Crippen LogP contribution in [0.5, 0.6) is 0 Å². The van der Waals surface area contributed by atoms with Crippen LogP contribution in [-0.2, 0) is 6.54 Å². The molecule has 2 aliphatic rings. The van der Waals surface area contributed by atoms with Gasteiger partial charge in [0.25, 0.3) is 0 Å². The summed E-state index contributed by atoms with van der Waals surface area (Å²) in [5.74, 6) is 2.07. The van der Waals surface area contributed by atoms with Gasteiger partial charge in [-0.25, -0.2) is 4.98 Å². The fourth-order valence-corrected chi connectivity index (χ4v) is 2.10. The zero-order chi connectivity index (χ0) is 11.0. The number of rotatable bonds is 5.